The fourth-order valence-electron chi connectivity index (χ4n) is 2.33. The van der Waals surface area contributed by atoms with Crippen LogP contribution in [0, 0.1) is 5.92 Å². The van der Waals surface area contributed by atoms with Gasteiger partial charge in [-0.05, 0) is 18.9 Å². The van der Waals surface area contributed by atoms with Crippen LogP contribution in [0.3, 0.4) is 0 Å². The average Bonchev–Trinajstić information content (AvgIpc) is 2.67. The molecule has 4 nitrogen and oxygen atoms in total. The fraction of sp³-hybridized carbons (Fsp3) is 1.00. The molecule has 2 heterocycles. The first-order valence-corrected chi connectivity index (χ1v) is 5.53. The van der Waals surface area contributed by atoms with Gasteiger partial charge in [0, 0.05) is 25.7 Å². The number of aliphatic hydroxyl groups is 1. The lowest BCUT2D eigenvalue weighted by Crippen LogP contribution is -2.39. The Hall–Kier alpha value is -0.160. The summed E-state index contributed by atoms with van der Waals surface area (Å²) in [7, 11) is 0. The fourth-order valence-corrected chi connectivity index (χ4v) is 2.33. The van der Waals surface area contributed by atoms with Crippen LogP contribution < -0.4 is 5.32 Å². The van der Waals surface area contributed by atoms with E-state index in [1.54, 1.807) is 0 Å². The third-order valence-corrected chi connectivity index (χ3v) is 3.15. The van der Waals surface area contributed by atoms with E-state index >= 15 is 0 Å². The second kappa shape index (κ2) is 5.07. The van der Waals surface area contributed by atoms with Crippen molar-refractivity contribution < 1.29 is 9.84 Å². The molecule has 2 saturated heterocycles. The van der Waals surface area contributed by atoms with Gasteiger partial charge in [0.1, 0.15) is 0 Å². The van der Waals surface area contributed by atoms with Gasteiger partial charge in [-0.25, -0.2) is 0 Å². The molecule has 0 saturated carbocycles. The average molecular weight is 200 g/mol. The van der Waals surface area contributed by atoms with Gasteiger partial charge in [-0.2, -0.15) is 0 Å². The summed E-state index contributed by atoms with van der Waals surface area (Å²) < 4.78 is 5.31. The number of hydrogen-bond acceptors (Lipinski definition) is 4. The molecule has 0 aliphatic carbocycles. The van der Waals surface area contributed by atoms with Crippen molar-refractivity contribution in [2.45, 2.75) is 12.5 Å². The summed E-state index contributed by atoms with van der Waals surface area (Å²) in [5.41, 5.74) is 0. The molecular weight excluding hydrogens is 180 g/mol. The van der Waals surface area contributed by atoms with Crippen LogP contribution >= 0.6 is 0 Å². The first-order valence-electron chi connectivity index (χ1n) is 5.53. The van der Waals surface area contributed by atoms with Gasteiger partial charge in [0.15, 0.2) is 0 Å². The van der Waals surface area contributed by atoms with Crippen LogP contribution in [0.25, 0.3) is 0 Å². The number of ether oxygens (including phenoxy) is 1. The van der Waals surface area contributed by atoms with Gasteiger partial charge in [-0.3, -0.25) is 4.90 Å². The second-order valence-corrected chi connectivity index (χ2v) is 4.30. The Labute approximate surface area is 85.2 Å². The maximum absolute atomic E-state index is 8.99. The van der Waals surface area contributed by atoms with E-state index in [0.717, 1.165) is 45.8 Å². The van der Waals surface area contributed by atoms with Crippen molar-refractivity contribution in [1.82, 2.24) is 10.2 Å². The molecule has 2 atom stereocenters. The van der Waals surface area contributed by atoms with E-state index < -0.39 is 0 Å². The summed E-state index contributed by atoms with van der Waals surface area (Å²) in [5, 5.41) is 12.3. The third-order valence-electron chi connectivity index (χ3n) is 3.15. The summed E-state index contributed by atoms with van der Waals surface area (Å²) in [6.07, 6.45) is 1.12. The molecule has 0 spiro atoms. The topological polar surface area (TPSA) is 44.7 Å². The van der Waals surface area contributed by atoms with Crippen molar-refractivity contribution in [2.24, 2.45) is 5.92 Å². The van der Waals surface area contributed by atoms with Crippen LogP contribution in [0.15, 0.2) is 0 Å². The number of nitrogens with zero attached hydrogens (tertiary/aromatic N) is 1. The van der Waals surface area contributed by atoms with Crippen molar-refractivity contribution >= 4 is 0 Å². The Bertz CT molecular complexity index is 172. The number of morpholine rings is 1. The largest absolute Gasteiger partial charge is 0.395 e. The van der Waals surface area contributed by atoms with Gasteiger partial charge in [-0.1, -0.05) is 0 Å². The zero-order valence-electron chi connectivity index (χ0n) is 8.61. The Balaban J connectivity index is 1.69. The molecule has 0 radical (unpaired) electrons. The molecule has 0 amide bonds. The minimum atomic E-state index is 0.277. The molecule has 2 aliphatic heterocycles. The van der Waals surface area contributed by atoms with Gasteiger partial charge in [-0.15, -0.1) is 0 Å². The summed E-state index contributed by atoms with van der Waals surface area (Å²) >= 11 is 0. The van der Waals surface area contributed by atoms with Crippen molar-refractivity contribution in [3.05, 3.63) is 0 Å². The van der Waals surface area contributed by atoms with Crippen LogP contribution in [0.1, 0.15) is 6.42 Å². The normalized spacial score (nSPS) is 34.9. The van der Waals surface area contributed by atoms with Gasteiger partial charge >= 0.3 is 0 Å². The number of rotatable bonds is 3. The van der Waals surface area contributed by atoms with E-state index in [2.05, 4.69) is 10.2 Å². The lowest BCUT2D eigenvalue weighted by atomic mass is 10.1. The predicted molar refractivity (Wildman–Crippen MR) is 54.2 cm³/mol. The minimum absolute atomic E-state index is 0.277. The monoisotopic (exact) mass is 200 g/mol. The highest BCUT2D eigenvalue weighted by atomic mass is 16.5. The summed E-state index contributed by atoms with van der Waals surface area (Å²) in [6.45, 7) is 6.39. The van der Waals surface area contributed by atoms with E-state index in [0.29, 0.717) is 12.0 Å². The molecule has 0 bridgehead atoms. The van der Waals surface area contributed by atoms with Crippen LogP contribution in [-0.4, -0.2) is 62.0 Å². The molecule has 2 N–H and O–H groups in total. The molecule has 0 aromatic heterocycles. The Morgan fingerprint density at radius 2 is 2.14 bits per heavy atom. The van der Waals surface area contributed by atoms with Crippen LogP contribution in [0.2, 0.25) is 0 Å². The zero-order chi connectivity index (χ0) is 9.80. The Morgan fingerprint density at radius 3 is 2.79 bits per heavy atom. The van der Waals surface area contributed by atoms with Gasteiger partial charge in [0.05, 0.1) is 19.8 Å². The molecule has 2 aliphatic rings. The van der Waals surface area contributed by atoms with Gasteiger partial charge in [0.2, 0.25) is 0 Å². The van der Waals surface area contributed by atoms with Gasteiger partial charge in [0.25, 0.3) is 0 Å². The lowest BCUT2D eigenvalue weighted by Gasteiger charge is -2.28. The molecule has 4 heteroatoms. The molecule has 2 fully saturated rings. The quantitative estimate of drug-likeness (QED) is 0.632. The maximum atomic E-state index is 8.99. The minimum Gasteiger partial charge on any atom is -0.395 e. The number of nitrogens with one attached hydrogen (secondary N) is 1. The Morgan fingerprint density at radius 1 is 1.36 bits per heavy atom. The molecule has 2 rings (SSSR count). The highest BCUT2D eigenvalue weighted by molar-refractivity contribution is 4.83. The van der Waals surface area contributed by atoms with Crippen LogP contribution in [0.5, 0.6) is 0 Å². The summed E-state index contributed by atoms with van der Waals surface area (Å²) in [5.74, 6) is 0.713. The van der Waals surface area contributed by atoms with Crippen molar-refractivity contribution in [3.8, 4) is 0 Å². The van der Waals surface area contributed by atoms with Crippen LogP contribution in [-0.2, 0) is 4.74 Å². The molecule has 2 unspecified atom stereocenters. The molecular formula is C10H20N2O2. The molecule has 82 valence electrons. The van der Waals surface area contributed by atoms with E-state index in [9.17, 15) is 0 Å². The number of aliphatic hydroxyl groups excluding tert-OH is 1. The lowest BCUT2D eigenvalue weighted by molar-refractivity contribution is 0.0316. The maximum Gasteiger partial charge on any atom is 0.0594 e. The SMILES string of the molecule is OCC1CC(CN2CCOCC2)CN1. The highest BCUT2D eigenvalue weighted by Gasteiger charge is 2.25. The predicted octanol–water partition coefficient (Wildman–Crippen LogP) is -0.711. The standard InChI is InChI=1S/C10H20N2O2/c13-8-10-5-9(6-11-10)7-12-1-3-14-4-2-12/h9-11,13H,1-8H2. The molecule has 0 aromatic carbocycles. The molecule has 14 heavy (non-hydrogen) atoms. The first kappa shape index (κ1) is 10.4. The summed E-state index contributed by atoms with van der Waals surface area (Å²) in [6, 6.07) is 0.334. The smallest absolute Gasteiger partial charge is 0.0594 e. The highest BCUT2D eigenvalue weighted by Crippen LogP contribution is 2.15. The molecule has 0 aromatic rings. The van der Waals surface area contributed by atoms with Crippen molar-refractivity contribution in [2.75, 3.05) is 46.0 Å². The summed E-state index contributed by atoms with van der Waals surface area (Å²) in [4.78, 5) is 2.47. The van der Waals surface area contributed by atoms with E-state index in [4.69, 9.17) is 9.84 Å². The van der Waals surface area contributed by atoms with Gasteiger partial charge < -0.3 is 15.2 Å². The van der Waals surface area contributed by atoms with Crippen molar-refractivity contribution in [1.29, 1.82) is 0 Å². The number of hydrogen-bond donors (Lipinski definition) is 2. The van der Waals surface area contributed by atoms with Crippen LogP contribution in [0.4, 0.5) is 0 Å². The van der Waals surface area contributed by atoms with E-state index in [-0.39, 0.29) is 6.61 Å². The Kier molecular flexibility index (Phi) is 3.75. The third kappa shape index (κ3) is 2.67. The second-order valence-electron chi connectivity index (χ2n) is 4.30. The van der Waals surface area contributed by atoms with E-state index in [1.807, 2.05) is 0 Å². The first-order chi connectivity index (χ1) is 6.88. The van der Waals surface area contributed by atoms with E-state index in [1.165, 1.54) is 0 Å². The zero-order valence-corrected chi connectivity index (χ0v) is 8.61. The van der Waals surface area contributed by atoms with Crippen molar-refractivity contribution in [3.63, 3.8) is 0 Å².